The van der Waals surface area contributed by atoms with Crippen molar-refractivity contribution in [1.29, 1.82) is 0 Å². The average molecular weight is 532 g/mol. The van der Waals surface area contributed by atoms with Crippen molar-refractivity contribution in [2.75, 3.05) is 17.2 Å². The molecule has 0 fully saturated rings. The number of halogens is 1. The molecule has 3 aromatic rings. The highest BCUT2D eigenvalue weighted by Crippen LogP contribution is 2.29. The third kappa shape index (κ3) is 5.92. The summed E-state index contributed by atoms with van der Waals surface area (Å²) in [6.07, 6.45) is 0.729. The largest absolute Gasteiger partial charge is 0.462 e. The molecule has 0 spiro atoms. The Balaban J connectivity index is 1.46. The number of carbonyl (C=O) groups excluding carboxylic acids is 4. The average Bonchev–Trinajstić information content (AvgIpc) is 3.12. The summed E-state index contributed by atoms with van der Waals surface area (Å²) in [5.74, 6) is -1.95. The first-order valence-corrected chi connectivity index (χ1v) is 12.4. The Morgan fingerprint density at radius 2 is 1.61 bits per heavy atom. The van der Waals surface area contributed by atoms with Crippen LogP contribution in [0.15, 0.2) is 83.5 Å². The highest BCUT2D eigenvalue weighted by atomic mass is 35.5. The maximum Gasteiger partial charge on any atom is 0.338 e. The number of nitrogens with one attached hydrogen (secondary N) is 2. The molecule has 0 unspecified atom stereocenters. The SMILES string of the molecule is CCCOC(=O)c1ccc(NC(=O)c2ccc(C)c(NC3=C(Cl)C(=O)N(Cc4ccccc4)C3=O)c2)cc1. The molecule has 0 radical (unpaired) electrons. The maximum atomic E-state index is 13.0. The van der Waals surface area contributed by atoms with Crippen molar-refractivity contribution in [2.24, 2.45) is 0 Å². The predicted octanol–water partition coefficient (Wildman–Crippen LogP) is 5.25. The van der Waals surface area contributed by atoms with Gasteiger partial charge in [-0.1, -0.05) is 54.9 Å². The zero-order chi connectivity index (χ0) is 27.2. The lowest BCUT2D eigenvalue weighted by Crippen LogP contribution is -2.31. The molecular weight excluding hydrogens is 506 g/mol. The monoisotopic (exact) mass is 531 g/mol. The van der Waals surface area contributed by atoms with E-state index in [0.717, 1.165) is 22.4 Å². The van der Waals surface area contributed by atoms with Crippen molar-refractivity contribution in [3.05, 3.63) is 106 Å². The van der Waals surface area contributed by atoms with Crippen LogP contribution in [0.1, 0.15) is 45.2 Å². The van der Waals surface area contributed by atoms with E-state index >= 15 is 0 Å². The van der Waals surface area contributed by atoms with Gasteiger partial charge in [0.15, 0.2) is 0 Å². The van der Waals surface area contributed by atoms with Crippen LogP contribution < -0.4 is 10.6 Å². The molecule has 0 atom stereocenters. The zero-order valence-electron chi connectivity index (χ0n) is 20.9. The first kappa shape index (κ1) is 26.6. The summed E-state index contributed by atoms with van der Waals surface area (Å²) < 4.78 is 5.11. The lowest BCUT2D eigenvalue weighted by molar-refractivity contribution is -0.138. The molecule has 194 valence electrons. The molecule has 0 saturated heterocycles. The third-order valence-electron chi connectivity index (χ3n) is 5.87. The number of ether oxygens (including phenoxy) is 1. The normalized spacial score (nSPS) is 13.1. The Kier molecular flexibility index (Phi) is 8.23. The molecule has 0 saturated carbocycles. The fourth-order valence-electron chi connectivity index (χ4n) is 3.77. The summed E-state index contributed by atoms with van der Waals surface area (Å²) >= 11 is 6.25. The Hall–Kier alpha value is -4.43. The minimum atomic E-state index is -0.586. The second kappa shape index (κ2) is 11.7. The van der Waals surface area contributed by atoms with E-state index < -0.39 is 23.7 Å². The standard InChI is InChI=1S/C29H26ClN3O5/c1-3-15-38-29(37)20-11-13-22(14-12-20)31-26(34)21-10-9-18(2)23(16-21)32-25-24(30)27(35)33(28(25)36)17-19-7-5-4-6-8-19/h4-14,16,32H,3,15,17H2,1-2H3,(H,31,34). The Labute approximate surface area is 225 Å². The van der Waals surface area contributed by atoms with Crippen molar-refractivity contribution < 1.29 is 23.9 Å². The number of anilines is 2. The molecule has 0 bridgehead atoms. The first-order chi connectivity index (χ1) is 18.3. The Morgan fingerprint density at radius 1 is 0.921 bits per heavy atom. The molecule has 3 aromatic carbocycles. The molecule has 4 rings (SSSR count). The molecule has 9 heteroatoms. The smallest absolute Gasteiger partial charge is 0.338 e. The number of amides is 3. The summed E-state index contributed by atoms with van der Waals surface area (Å²) in [5, 5.41) is 5.53. The number of nitrogens with zero attached hydrogens (tertiary/aromatic N) is 1. The van der Waals surface area contributed by atoms with Crippen LogP contribution in [-0.4, -0.2) is 35.2 Å². The summed E-state index contributed by atoms with van der Waals surface area (Å²) in [6, 6.07) is 20.5. The van der Waals surface area contributed by atoms with Crippen LogP contribution in [0.2, 0.25) is 0 Å². The number of rotatable bonds is 9. The van der Waals surface area contributed by atoms with Crippen LogP contribution in [0, 0.1) is 6.92 Å². The highest BCUT2D eigenvalue weighted by Gasteiger charge is 2.38. The third-order valence-corrected chi connectivity index (χ3v) is 6.22. The van der Waals surface area contributed by atoms with E-state index in [1.165, 1.54) is 0 Å². The van der Waals surface area contributed by atoms with Gasteiger partial charge in [-0.15, -0.1) is 0 Å². The number of carbonyl (C=O) groups is 4. The van der Waals surface area contributed by atoms with Crippen LogP contribution in [0.3, 0.4) is 0 Å². The first-order valence-electron chi connectivity index (χ1n) is 12.0. The number of esters is 1. The van der Waals surface area contributed by atoms with Crippen molar-refractivity contribution in [3.8, 4) is 0 Å². The van der Waals surface area contributed by atoms with Gasteiger partial charge in [-0.3, -0.25) is 19.3 Å². The van der Waals surface area contributed by atoms with E-state index in [4.69, 9.17) is 16.3 Å². The fraction of sp³-hybridized carbons (Fsp3) is 0.172. The summed E-state index contributed by atoms with van der Waals surface area (Å²) in [6.45, 7) is 4.15. The van der Waals surface area contributed by atoms with Crippen molar-refractivity contribution in [3.63, 3.8) is 0 Å². The van der Waals surface area contributed by atoms with Crippen LogP contribution in [0.4, 0.5) is 11.4 Å². The molecule has 0 aromatic heterocycles. The highest BCUT2D eigenvalue weighted by molar-refractivity contribution is 6.48. The lowest BCUT2D eigenvalue weighted by atomic mass is 10.1. The van der Waals surface area contributed by atoms with Gasteiger partial charge in [-0.25, -0.2) is 4.79 Å². The van der Waals surface area contributed by atoms with E-state index in [-0.39, 0.29) is 17.3 Å². The number of hydrogen-bond donors (Lipinski definition) is 2. The molecule has 1 aliphatic rings. The van der Waals surface area contributed by atoms with E-state index in [9.17, 15) is 19.2 Å². The van der Waals surface area contributed by atoms with Crippen LogP contribution >= 0.6 is 11.6 Å². The van der Waals surface area contributed by atoms with E-state index in [2.05, 4.69) is 10.6 Å². The predicted molar refractivity (Wildman–Crippen MR) is 145 cm³/mol. The summed E-state index contributed by atoms with van der Waals surface area (Å²) in [4.78, 5) is 51.7. The second-order valence-corrected chi connectivity index (χ2v) is 9.07. The molecule has 3 amide bonds. The minimum absolute atomic E-state index is 0.0428. The summed E-state index contributed by atoms with van der Waals surface area (Å²) in [5.41, 5.74) is 3.16. The lowest BCUT2D eigenvalue weighted by Gasteiger charge is -2.16. The van der Waals surface area contributed by atoms with Crippen molar-refractivity contribution >= 4 is 46.7 Å². The molecule has 2 N–H and O–H groups in total. The molecule has 38 heavy (non-hydrogen) atoms. The molecule has 1 heterocycles. The fourth-order valence-corrected chi connectivity index (χ4v) is 4.00. The number of aryl methyl sites for hydroxylation is 1. The van der Waals surface area contributed by atoms with Gasteiger partial charge < -0.3 is 15.4 Å². The Bertz CT molecular complexity index is 1420. The molecule has 0 aliphatic carbocycles. The molecular formula is C29H26ClN3O5. The van der Waals surface area contributed by atoms with Crippen LogP contribution in [0.25, 0.3) is 0 Å². The molecule has 8 nitrogen and oxygen atoms in total. The quantitative estimate of drug-likeness (QED) is 0.289. The Morgan fingerprint density at radius 3 is 2.29 bits per heavy atom. The van der Waals surface area contributed by atoms with E-state index in [1.807, 2.05) is 37.3 Å². The van der Waals surface area contributed by atoms with Crippen LogP contribution in [0.5, 0.6) is 0 Å². The summed E-state index contributed by atoms with van der Waals surface area (Å²) in [7, 11) is 0. The maximum absolute atomic E-state index is 13.0. The van der Waals surface area contributed by atoms with E-state index in [0.29, 0.717) is 29.1 Å². The van der Waals surface area contributed by atoms with Gasteiger partial charge >= 0.3 is 5.97 Å². The number of benzene rings is 3. The second-order valence-electron chi connectivity index (χ2n) is 8.69. The van der Waals surface area contributed by atoms with Gasteiger partial charge in [-0.05, 0) is 60.9 Å². The van der Waals surface area contributed by atoms with Gasteiger partial charge in [0.25, 0.3) is 17.7 Å². The van der Waals surface area contributed by atoms with Gasteiger partial charge in [-0.2, -0.15) is 0 Å². The van der Waals surface area contributed by atoms with Crippen LogP contribution in [-0.2, 0) is 20.9 Å². The van der Waals surface area contributed by atoms with Crippen molar-refractivity contribution in [2.45, 2.75) is 26.8 Å². The zero-order valence-corrected chi connectivity index (χ0v) is 21.7. The van der Waals surface area contributed by atoms with Gasteiger partial charge in [0.2, 0.25) is 0 Å². The molecule has 1 aliphatic heterocycles. The number of hydrogen-bond acceptors (Lipinski definition) is 6. The topological polar surface area (TPSA) is 105 Å². The van der Waals surface area contributed by atoms with Gasteiger partial charge in [0.05, 0.1) is 18.7 Å². The number of imide groups is 1. The minimum Gasteiger partial charge on any atom is -0.462 e. The van der Waals surface area contributed by atoms with Gasteiger partial charge in [0, 0.05) is 16.9 Å². The van der Waals surface area contributed by atoms with Crippen molar-refractivity contribution in [1.82, 2.24) is 4.90 Å². The van der Waals surface area contributed by atoms with Gasteiger partial charge in [0.1, 0.15) is 10.7 Å². The van der Waals surface area contributed by atoms with E-state index in [1.54, 1.807) is 49.4 Å².